The Morgan fingerprint density at radius 2 is 1.68 bits per heavy atom. The molecule has 0 aliphatic heterocycles. The zero-order valence-corrected chi connectivity index (χ0v) is 11.3. The largest absolute Gasteiger partial charge is 0.508 e. The zero-order chi connectivity index (χ0) is 15.0. The van der Waals surface area contributed by atoms with Gasteiger partial charge in [0, 0.05) is 12.6 Å². The molecule has 19 heavy (non-hydrogen) atoms. The van der Waals surface area contributed by atoms with Gasteiger partial charge in [0.25, 0.3) is 0 Å². The molecule has 0 unspecified atom stereocenters. The third kappa shape index (κ3) is 7.77. The molecular formula is C13H20N2O4. The van der Waals surface area contributed by atoms with E-state index in [1.165, 1.54) is 19.1 Å². The lowest BCUT2D eigenvalue weighted by atomic mass is 10.1. The van der Waals surface area contributed by atoms with Crippen molar-refractivity contribution in [1.29, 1.82) is 0 Å². The van der Waals surface area contributed by atoms with E-state index >= 15 is 0 Å². The number of aliphatic carboxylic acids is 1. The van der Waals surface area contributed by atoms with Crippen molar-refractivity contribution < 1.29 is 19.8 Å². The van der Waals surface area contributed by atoms with Gasteiger partial charge in [-0.15, -0.1) is 0 Å². The number of nitrogens with two attached hydrogens (primary N) is 1. The molecule has 1 rings (SSSR count). The highest BCUT2D eigenvalue weighted by molar-refractivity contribution is 5.88. The number of rotatable bonds is 3. The molecule has 0 fully saturated rings. The molecule has 5 N–H and O–H groups in total. The Hall–Kier alpha value is -2.08. The van der Waals surface area contributed by atoms with Gasteiger partial charge in [0.2, 0.25) is 5.91 Å². The van der Waals surface area contributed by atoms with E-state index in [0.717, 1.165) is 0 Å². The van der Waals surface area contributed by atoms with Gasteiger partial charge in [-0.05, 0) is 30.2 Å². The fourth-order valence-corrected chi connectivity index (χ4v) is 1.03. The average Bonchev–Trinajstić information content (AvgIpc) is 2.31. The number of phenols is 1. The van der Waals surface area contributed by atoms with Gasteiger partial charge in [-0.25, -0.2) is 0 Å². The van der Waals surface area contributed by atoms with E-state index in [4.69, 9.17) is 15.9 Å². The SMILES string of the molecule is CC(=O)Nc1ccc(O)cc1.CC(C)[C@H](N)C(=O)O. The molecule has 0 aromatic heterocycles. The summed E-state index contributed by atoms with van der Waals surface area (Å²) in [6.07, 6.45) is 0. The first-order chi connectivity index (χ1) is 8.73. The van der Waals surface area contributed by atoms with Gasteiger partial charge in [0.15, 0.2) is 0 Å². The van der Waals surface area contributed by atoms with Crippen molar-refractivity contribution in [2.24, 2.45) is 11.7 Å². The standard InChI is InChI=1S/C8H9NO2.C5H11NO2/c1-6(10)9-7-2-4-8(11)5-3-7;1-3(2)4(6)5(7)8/h2-5,11H,1H3,(H,9,10);3-4H,6H2,1-2H3,(H,7,8)/t;4-/m.0/s1. The molecule has 6 heteroatoms. The number of benzene rings is 1. The molecule has 0 saturated carbocycles. The topological polar surface area (TPSA) is 113 Å². The molecule has 0 radical (unpaired) electrons. The number of carbonyl (C=O) groups excluding carboxylic acids is 1. The van der Waals surface area contributed by atoms with Crippen LogP contribution in [-0.2, 0) is 9.59 Å². The minimum absolute atomic E-state index is 0.0208. The maximum atomic E-state index is 10.5. The molecular weight excluding hydrogens is 248 g/mol. The first-order valence-corrected chi connectivity index (χ1v) is 5.79. The fourth-order valence-electron chi connectivity index (χ4n) is 1.03. The van der Waals surface area contributed by atoms with Crippen LogP contribution in [0.3, 0.4) is 0 Å². The molecule has 6 nitrogen and oxygen atoms in total. The minimum Gasteiger partial charge on any atom is -0.508 e. The lowest BCUT2D eigenvalue weighted by Gasteiger charge is -2.07. The highest BCUT2D eigenvalue weighted by atomic mass is 16.4. The Morgan fingerprint density at radius 3 is 1.95 bits per heavy atom. The first kappa shape index (κ1) is 16.9. The molecule has 0 heterocycles. The predicted octanol–water partition coefficient (Wildman–Crippen LogP) is 1.40. The van der Waals surface area contributed by atoms with Gasteiger partial charge in [-0.3, -0.25) is 9.59 Å². The van der Waals surface area contributed by atoms with Crippen LogP contribution in [-0.4, -0.2) is 28.1 Å². The van der Waals surface area contributed by atoms with E-state index in [1.54, 1.807) is 26.0 Å². The Balaban J connectivity index is 0.000000362. The van der Waals surface area contributed by atoms with Gasteiger partial charge >= 0.3 is 5.97 Å². The fraction of sp³-hybridized carbons (Fsp3) is 0.385. The highest BCUT2D eigenvalue weighted by Crippen LogP contribution is 2.13. The molecule has 0 spiro atoms. The van der Waals surface area contributed by atoms with Crippen molar-refractivity contribution in [3.8, 4) is 5.75 Å². The van der Waals surface area contributed by atoms with Gasteiger partial charge in [-0.2, -0.15) is 0 Å². The molecule has 106 valence electrons. The van der Waals surface area contributed by atoms with Crippen LogP contribution < -0.4 is 11.1 Å². The number of hydrogen-bond donors (Lipinski definition) is 4. The number of phenolic OH excluding ortho intramolecular Hbond substituents is 1. The molecule has 1 aromatic carbocycles. The van der Waals surface area contributed by atoms with Crippen LogP contribution in [0, 0.1) is 5.92 Å². The summed E-state index contributed by atoms with van der Waals surface area (Å²) in [5.74, 6) is -0.831. The number of carboxylic acid groups (broad SMARTS) is 1. The van der Waals surface area contributed by atoms with Crippen LogP contribution in [0.1, 0.15) is 20.8 Å². The lowest BCUT2D eigenvalue weighted by Crippen LogP contribution is -2.34. The normalized spacial score (nSPS) is 11.2. The van der Waals surface area contributed by atoms with Crippen molar-refractivity contribution in [3.63, 3.8) is 0 Å². The molecule has 0 saturated heterocycles. The highest BCUT2D eigenvalue weighted by Gasteiger charge is 2.14. The molecule has 0 aliphatic carbocycles. The first-order valence-electron chi connectivity index (χ1n) is 5.79. The van der Waals surface area contributed by atoms with E-state index in [2.05, 4.69) is 5.32 Å². The van der Waals surface area contributed by atoms with Crippen molar-refractivity contribution in [3.05, 3.63) is 24.3 Å². The van der Waals surface area contributed by atoms with E-state index < -0.39 is 12.0 Å². The zero-order valence-electron chi connectivity index (χ0n) is 11.3. The summed E-state index contributed by atoms with van der Waals surface area (Å²) in [4.78, 5) is 20.5. The minimum atomic E-state index is -0.931. The summed E-state index contributed by atoms with van der Waals surface area (Å²) >= 11 is 0. The quantitative estimate of drug-likeness (QED) is 0.619. The Morgan fingerprint density at radius 1 is 1.21 bits per heavy atom. The monoisotopic (exact) mass is 268 g/mol. The van der Waals surface area contributed by atoms with Crippen LogP contribution in [0.2, 0.25) is 0 Å². The van der Waals surface area contributed by atoms with Crippen molar-refractivity contribution >= 4 is 17.6 Å². The molecule has 0 bridgehead atoms. The maximum Gasteiger partial charge on any atom is 0.320 e. The Bertz CT molecular complexity index is 415. The number of aromatic hydroxyl groups is 1. The van der Waals surface area contributed by atoms with Gasteiger partial charge in [-0.1, -0.05) is 13.8 Å². The van der Waals surface area contributed by atoms with Crippen LogP contribution >= 0.6 is 0 Å². The number of carboxylic acids is 1. The summed E-state index contributed by atoms with van der Waals surface area (Å²) in [5.41, 5.74) is 5.85. The third-order valence-electron chi connectivity index (χ3n) is 2.19. The van der Waals surface area contributed by atoms with Crippen LogP contribution in [0.4, 0.5) is 5.69 Å². The summed E-state index contributed by atoms with van der Waals surface area (Å²) in [7, 11) is 0. The van der Waals surface area contributed by atoms with Crippen LogP contribution in [0.25, 0.3) is 0 Å². The van der Waals surface area contributed by atoms with Gasteiger partial charge in [0.1, 0.15) is 11.8 Å². The number of amides is 1. The molecule has 0 aliphatic rings. The third-order valence-corrected chi connectivity index (χ3v) is 2.19. The maximum absolute atomic E-state index is 10.5. The van der Waals surface area contributed by atoms with Gasteiger partial charge in [0.05, 0.1) is 0 Å². The molecule has 1 atom stereocenters. The molecule has 1 aromatic rings. The predicted molar refractivity (Wildman–Crippen MR) is 72.9 cm³/mol. The van der Waals surface area contributed by atoms with Crippen LogP contribution in [0.15, 0.2) is 24.3 Å². The number of nitrogens with one attached hydrogen (secondary N) is 1. The number of hydrogen-bond acceptors (Lipinski definition) is 4. The summed E-state index contributed by atoms with van der Waals surface area (Å²) in [6, 6.07) is 5.60. The van der Waals surface area contributed by atoms with E-state index in [0.29, 0.717) is 5.69 Å². The molecule has 1 amide bonds. The number of anilines is 1. The van der Waals surface area contributed by atoms with Crippen molar-refractivity contribution in [1.82, 2.24) is 0 Å². The van der Waals surface area contributed by atoms with Crippen molar-refractivity contribution in [2.45, 2.75) is 26.8 Å². The number of carbonyl (C=O) groups is 2. The summed E-state index contributed by atoms with van der Waals surface area (Å²) in [6.45, 7) is 4.99. The Labute approximate surface area is 112 Å². The summed E-state index contributed by atoms with van der Waals surface area (Å²) < 4.78 is 0. The van der Waals surface area contributed by atoms with Gasteiger partial charge < -0.3 is 21.3 Å². The lowest BCUT2D eigenvalue weighted by molar-refractivity contribution is -0.139. The second-order valence-electron chi connectivity index (χ2n) is 4.34. The van der Waals surface area contributed by atoms with Crippen LogP contribution in [0.5, 0.6) is 5.75 Å². The van der Waals surface area contributed by atoms with E-state index in [-0.39, 0.29) is 17.6 Å². The Kier molecular flexibility index (Phi) is 7.21. The van der Waals surface area contributed by atoms with E-state index in [1.807, 2.05) is 0 Å². The second kappa shape index (κ2) is 8.10. The van der Waals surface area contributed by atoms with E-state index in [9.17, 15) is 9.59 Å². The second-order valence-corrected chi connectivity index (χ2v) is 4.34. The van der Waals surface area contributed by atoms with Crippen molar-refractivity contribution in [2.75, 3.05) is 5.32 Å². The summed E-state index contributed by atoms with van der Waals surface area (Å²) in [5, 5.41) is 19.7. The smallest absolute Gasteiger partial charge is 0.320 e. The average molecular weight is 268 g/mol.